The summed E-state index contributed by atoms with van der Waals surface area (Å²) < 4.78 is 5.81. The van der Waals surface area contributed by atoms with Gasteiger partial charge in [-0.2, -0.15) is 0 Å². The number of aldehydes is 1. The number of rotatable bonds is 6. The topological polar surface area (TPSA) is 73.3 Å². The van der Waals surface area contributed by atoms with Crippen LogP contribution in [0, 0.1) is 0 Å². The van der Waals surface area contributed by atoms with Crippen LogP contribution in [-0.4, -0.2) is 64.5 Å². The minimum absolute atomic E-state index is 0.0809. The van der Waals surface area contributed by atoms with Crippen LogP contribution >= 0.6 is 0 Å². The van der Waals surface area contributed by atoms with E-state index in [0.29, 0.717) is 24.9 Å². The lowest BCUT2D eigenvalue weighted by Crippen LogP contribution is -2.47. The van der Waals surface area contributed by atoms with E-state index in [1.54, 1.807) is 12.1 Å². The van der Waals surface area contributed by atoms with Crippen molar-refractivity contribution >= 4 is 12.2 Å². The van der Waals surface area contributed by atoms with Crippen molar-refractivity contribution in [3.8, 4) is 11.5 Å². The maximum atomic E-state index is 12.5. The number of likely N-dealkylation sites (tertiary alicyclic amines) is 1. The molecule has 7 nitrogen and oxygen atoms in total. The predicted octanol–water partition coefficient (Wildman–Crippen LogP) is 1.99. The van der Waals surface area contributed by atoms with Gasteiger partial charge in [-0.1, -0.05) is 6.07 Å². The number of aromatic hydroxyl groups is 1. The molecule has 2 heterocycles. The van der Waals surface area contributed by atoms with E-state index >= 15 is 0 Å². The van der Waals surface area contributed by atoms with Gasteiger partial charge in [-0.15, -0.1) is 0 Å². The molecule has 1 aromatic carbocycles. The summed E-state index contributed by atoms with van der Waals surface area (Å²) in [5, 5.41) is 14.0. The number of hydrogen-bond donors (Lipinski definition) is 1. The van der Waals surface area contributed by atoms with Crippen molar-refractivity contribution in [1.29, 1.82) is 0 Å². The molecular weight excluding hydrogens is 334 g/mol. The van der Waals surface area contributed by atoms with Crippen LogP contribution in [0.25, 0.3) is 0 Å². The molecule has 1 fully saturated rings. The van der Waals surface area contributed by atoms with Crippen LogP contribution in [0.3, 0.4) is 0 Å². The number of likely N-dealkylation sites (N-methyl/N-ethyl adjacent to an activating group) is 1. The van der Waals surface area contributed by atoms with Crippen molar-refractivity contribution in [1.82, 2.24) is 14.9 Å². The molecule has 1 atom stereocenters. The van der Waals surface area contributed by atoms with Crippen molar-refractivity contribution in [2.45, 2.75) is 38.8 Å². The molecule has 0 spiro atoms. The van der Waals surface area contributed by atoms with Crippen LogP contribution in [-0.2, 0) is 4.79 Å². The maximum absolute atomic E-state index is 12.5. The lowest BCUT2D eigenvalue weighted by atomic mass is 10.2. The van der Waals surface area contributed by atoms with Gasteiger partial charge in [0, 0.05) is 26.1 Å². The van der Waals surface area contributed by atoms with Crippen molar-refractivity contribution in [3.05, 3.63) is 35.7 Å². The smallest absolute Gasteiger partial charge is 0.228 e. The molecule has 2 aliphatic heterocycles. The molecule has 0 bridgehead atoms. The number of benzene rings is 1. The minimum Gasteiger partial charge on any atom is -0.507 e. The van der Waals surface area contributed by atoms with Crippen LogP contribution in [0.1, 0.15) is 37.0 Å². The van der Waals surface area contributed by atoms with Crippen LogP contribution in [0.15, 0.2) is 30.1 Å². The van der Waals surface area contributed by atoms with Gasteiger partial charge in [0.25, 0.3) is 0 Å². The Morgan fingerprint density at radius 2 is 2.15 bits per heavy atom. The Kier molecular flexibility index (Phi) is 5.18. The molecule has 0 aromatic heterocycles. The average molecular weight is 359 g/mol. The summed E-state index contributed by atoms with van der Waals surface area (Å²) >= 11 is 0. The van der Waals surface area contributed by atoms with E-state index < -0.39 is 0 Å². The standard InChI is InChI=1S/C19H25N3O4/c1-13(2)22-18(9-10-20(22)3)21-14(7-8-19(21)25)12-26-17-6-4-5-16(24)15(17)11-23/h4-6,9,11,13-14,24H,7-8,10,12H2,1-3H3. The van der Waals surface area contributed by atoms with E-state index in [1.807, 2.05) is 11.9 Å². The van der Waals surface area contributed by atoms with Crippen LogP contribution in [0.5, 0.6) is 11.5 Å². The third kappa shape index (κ3) is 3.26. The average Bonchev–Trinajstić information content (AvgIpc) is 3.15. The Morgan fingerprint density at radius 3 is 2.85 bits per heavy atom. The molecule has 7 heteroatoms. The molecule has 0 aliphatic carbocycles. The number of carbonyl (C=O) groups is 2. The molecule has 1 N–H and O–H groups in total. The quantitative estimate of drug-likeness (QED) is 0.783. The zero-order valence-electron chi connectivity index (χ0n) is 15.4. The second-order valence-corrected chi connectivity index (χ2v) is 6.91. The van der Waals surface area contributed by atoms with Crippen molar-refractivity contribution in [2.24, 2.45) is 0 Å². The number of phenols is 1. The summed E-state index contributed by atoms with van der Waals surface area (Å²) in [6, 6.07) is 4.85. The highest BCUT2D eigenvalue weighted by Crippen LogP contribution is 2.32. The maximum Gasteiger partial charge on any atom is 0.228 e. The van der Waals surface area contributed by atoms with E-state index in [2.05, 4.69) is 29.9 Å². The van der Waals surface area contributed by atoms with E-state index in [9.17, 15) is 14.7 Å². The SMILES string of the molecule is CC(C)N1C(N2C(=O)CCC2COc2cccc(O)c2C=O)=CCN1C. The van der Waals surface area contributed by atoms with Crippen LogP contribution in [0.2, 0.25) is 0 Å². The molecule has 1 unspecified atom stereocenters. The Balaban J connectivity index is 1.77. The van der Waals surface area contributed by atoms with Crippen molar-refractivity contribution < 1.29 is 19.4 Å². The first-order chi connectivity index (χ1) is 12.4. The minimum atomic E-state index is -0.108. The first-order valence-corrected chi connectivity index (χ1v) is 8.86. The third-order valence-electron chi connectivity index (χ3n) is 4.79. The zero-order valence-corrected chi connectivity index (χ0v) is 15.4. The number of hydrogen-bond acceptors (Lipinski definition) is 6. The Labute approximate surface area is 153 Å². The Bertz CT molecular complexity index is 731. The van der Waals surface area contributed by atoms with Gasteiger partial charge < -0.3 is 9.84 Å². The highest BCUT2D eigenvalue weighted by atomic mass is 16.5. The molecule has 1 aromatic rings. The van der Waals surface area contributed by atoms with Gasteiger partial charge >= 0.3 is 0 Å². The molecule has 0 saturated carbocycles. The second-order valence-electron chi connectivity index (χ2n) is 6.91. The molecule has 0 radical (unpaired) electrons. The summed E-state index contributed by atoms with van der Waals surface area (Å²) in [5.41, 5.74) is 0.131. The summed E-state index contributed by atoms with van der Waals surface area (Å²) in [7, 11) is 2.00. The van der Waals surface area contributed by atoms with Crippen LogP contribution in [0.4, 0.5) is 0 Å². The molecule has 2 aliphatic rings. The molecule has 26 heavy (non-hydrogen) atoms. The van der Waals surface area contributed by atoms with Gasteiger partial charge in [0.05, 0.1) is 11.6 Å². The molecular formula is C19H25N3O4. The van der Waals surface area contributed by atoms with Crippen LogP contribution < -0.4 is 4.74 Å². The van der Waals surface area contributed by atoms with Crippen molar-refractivity contribution in [3.63, 3.8) is 0 Å². The number of ether oxygens (including phenoxy) is 1. The number of nitrogens with zero attached hydrogens (tertiary/aromatic N) is 3. The first-order valence-electron chi connectivity index (χ1n) is 8.86. The van der Waals surface area contributed by atoms with Gasteiger partial charge in [0.2, 0.25) is 5.91 Å². The Morgan fingerprint density at radius 1 is 1.38 bits per heavy atom. The van der Waals surface area contributed by atoms with Gasteiger partial charge in [0.1, 0.15) is 23.9 Å². The Hall–Kier alpha value is -2.54. The van der Waals surface area contributed by atoms with E-state index in [1.165, 1.54) is 6.07 Å². The lowest BCUT2D eigenvalue weighted by molar-refractivity contribution is -0.130. The molecule has 3 rings (SSSR count). The number of hydrazine groups is 1. The number of carbonyl (C=O) groups excluding carboxylic acids is 2. The van der Waals surface area contributed by atoms with Gasteiger partial charge in [0.15, 0.2) is 6.29 Å². The third-order valence-corrected chi connectivity index (χ3v) is 4.79. The highest BCUT2D eigenvalue weighted by molar-refractivity contribution is 5.83. The normalized spacial score (nSPS) is 20.8. The predicted molar refractivity (Wildman–Crippen MR) is 96.5 cm³/mol. The lowest BCUT2D eigenvalue weighted by Gasteiger charge is -2.38. The molecule has 1 saturated heterocycles. The zero-order chi connectivity index (χ0) is 18.8. The van der Waals surface area contributed by atoms with E-state index in [0.717, 1.165) is 12.4 Å². The summed E-state index contributed by atoms with van der Waals surface area (Å²) in [6.45, 7) is 5.20. The van der Waals surface area contributed by atoms with E-state index in [-0.39, 0.29) is 35.9 Å². The molecule has 140 valence electrons. The largest absolute Gasteiger partial charge is 0.507 e. The fourth-order valence-corrected chi connectivity index (χ4v) is 3.62. The van der Waals surface area contributed by atoms with Gasteiger partial charge in [-0.3, -0.25) is 19.5 Å². The summed E-state index contributed by atoms with van der Waals surface area (Å²) in [6.07, 6.45) is 3.81. The van der Waals surface area contributed by atoms with Gasteiger partial charge in [-0.05, 0) is 38.5 Å². The fraction of sp³-hybridized carbons (Fsp3) is 0.474. The number of phenolic OH excluding ortho intramolecular Hbond substituents is 1. The molecule has 1 amide bonds. The van der Waals surface area contributed by atoms with E-state index in [4.69, 9.17) is 4.74 Å². The summed E-state index contributed by atoms with van der Waals surface area (Å²) in [5.74, 6) is 1.20. The number of amides is 1. The monoisotopic (exact) mass is 359 g/mol. The summed E-state index contributed by atoms with van der Waals surface area (Å²) in [4.78, 5) is 25.5. The fourth-order valence-electron chi connectivity index (χ4n) is 3.62. The van der Waals surface area contributed by atoms with Crippen molar-refractivity contribution in [2.75, 3.05) is 20.2 Å². The second kappa shape index (κ2) is 7.37. The van der Waals surface area contributed by atoms with Gasteiger partial charge in [-0.25, -0.2) is 5.01 Å². The highest BCUT2D eigenvalue weighted by Gasteiger charge is 2.39. The first kappa shape index (κ1) is 18.3.